The molecule has 4 fully saturated rings. The maximum absolute atomic E-state index is 12.6. The van der Waals surface area contributed by atoms with Gasteiger partial charge in [-0.15, -0.1) is 0 Å². The first kappa shape index (κ1) is 25.4. The van der Waals surface area contributed by atoms with E-state index in [0.717, 1.165) is 58.0 Å². The summed E-state index contributed by atoms with van der Waals surface area (Å²) in [5.41, 5.74) is 3.45. The number of nitrogens with zero attached hydrogens (tertiary/aromatic N) is 1. The number of allylic oxidation sites excluding steroid dienone is 2. The average molecular weight is 512 g/mol. The van der Waals surface area contributed by atoms with Crippen LogP contribution in [0.3, 0.4) is 0 Å². The first-order chi connectivity index (χ1) is 17.9. The molecule has 2 amide bonds. The molecule has 204 valence electrons. The summed E-state index contributed by atoms with van der Waals surface area (Å²) in [6.45, 7) is 10.6. The van der Waals surface area contributed by atoms with Gasteiger partial charge in [0.1, 0.15) is 6.61 Å². The highest BCUT2D eigenvalue weighted by atomic mass is 16.5. The van der Waals surface area contributed by atoms with Gasteiger partial charge in [-0.25, -0.2) is 9.59 Å². The normalized spacial score (nSPS) is 41.6. The van der Waals surface area contributed by atoms with Crippen molar-refractivity contribution in [3.05, 3.63) is 23.3 Å². The minimum absolute atomic E-state index is 0.00480. The number of hydrogen-bond donors (Lipinski definition) is 2. The number of carbonyl (C=O) groups excluding carboxylic acids is 2. The van der Waals surface area contributed by atoms with E-state index in [9.17, 15) is 9.59 Å². The van der Waals surface area contributed by atoms with Crippen molar-refractivity contribution >= 4 is 12.0 Å². The fourth-order valence-electron chi connectivity index (χ4n) is 9.26. The highest BCUT2D eigenvalue weighted by molar-refractivity contribution is 5.85. The molecular formula is C30H45N3O4. The van der Waals surface area contributed by atoms with Crippen LogP contribution < -0.4 is 10.6 Å². The van der Waals surface area contributed by atoms with Crippen molar-refractivity contribution < 1.29 is 19.1 Å². The molecule has 0 aromatic carbocycles. The molecule has 7 heteroatoms. The van der Waals surface area contributed by atoms with E-state index in [0.29, 0.717) is 36.3 Å². The topological polar surface area (TPSA) is 79.9 Å². The average Bonchev–Trinajstić information content (AvgIpc) is 3.47. The Bertz CT molecular complexity index is 972. The zero-order chi connectivity index (χ0) is 25.6. The number of urea groups is 1. The van der Waals surface area contributed by atoms with Crippen molar-refractivity contribution in [2.45, 2.75) is 71.3 Å². The molecule has 0 aromatic heterocycles. The molecule has 3 saturated carbocycles. The second-order valence-electron chi connectivity index (χ2n) is 13.0. The monoisotopic (exact) mass is 511 g/mol. The van der Waals surface area contributed by atoms with E-state index in [2.05, 4.69) is 35.5 Å². The van der Waals surface area contributed by atoms with Crippen LogP contribution in [-0.2, 0) is 14.3 Å². The molecule has 0 radical (unpaired) electrons. The minimum Gasteiger partial charge on any atom is -0.458 e. The fraction of sp³-hybridized carbons (Fsp3) is 0.800. The molecule has 7 atom stereocenters. The predicted octanol–water partition coefficient (Wildman–Crippen LogP) is 4.05. The Morgan fingerprint density at radius 2 is 1.97 bits per heavy atom. The van der Waals surface area contributed by atoms with Crippen LogP contribution in [0, 0.1) is 34.5 Å². The number of rotatable bonds is 5. The molecule has 6 aliphatic rings. The van der Waals surface area contributed by atoms with E-state index in [4.69, 9.17) is 9.47 Å². The summed E-state index contributed by atoms with van der Waals surface area (Å²) < 4.78 is 10.7. The van der Waals surface area contributed by atoms with Crippen molar-refractivity contribution in [2.24, 2.45) is 34.5 Å². The van der Waals surface area contributed by atoms with Gasteiger partial charge in [0.05, 0.1) is 13.2 Å². The van der Waals surface area contributed by atoms with Crippen LogP contribution in [-0.4, -0.2) is 68.9 Å². The molecule has 0 bridgehead atoms. The molecule has 0 spiro atoms. The Morgan fingerprint density at radius 1 is 1.14 bits per heavy atom. The Labute approximate surface area is 221 Å². The molecule has 2 N–H and O–H groups in total. The lowest BCUT2D eigenvalue weighted by molar-refractivity contribution is -0.135. The summed E-state index contributed by atoms with van der Waals surface area (Å²) in [6, 6.07) is 0.281. The number of esters is 1. The van der Waals surface area contributed by atoms with Gasteiger partial charge in [0.25, 0.3) is 0 Å². The molecule has 6 rings (SSSR count). The van der Waals surface area contributed by atoms with Crippen molar-refractivity contribution in [1.82, 2.24) is 15.5 Å². The van der Waals surface area contributed by atoms with Crippen molar-refractivity contribution in [2.75, 3.05) is 46.0 Å². The minimum atomic E-state index is -0.162. The number of morpholine rings is 1. The third-order valence-corrected chi connectivity index (χ3v) is 11.4. The van der Waals surface area contributed by atoms with Gasteiger partial charge in [0.15, 0.2) is 0 Å². The van der Waals surface area contributed by atoms with Gasteiger partial charge < -0.3 is 20.1 Å². The third-order valence-electron chi connectivity index (χ3n) is 11.4. The summed E-state index contributed by atoms with van der Waals surface area (Å²) in [4.78, 5) is 26.7. The van der Waals surface area contributed by atoms with Gasteiger partial charge in [-0.2, -0.15) is 0 Å². The van der Waals surface area contributed by atoms with Crippen LogP contribution >= 0.6 is 0 Å². The maximum atomic E-state index is 12.6. The Balaban J connectivity index is 1.04. The largest absolute Gasteiger partial charge is 0.458 e. The van der Waals surface area contributed by atoms with E-state index in [-0.39, 0.29) is 23.5 Å². The summed E-state index contributed by atoms with van der Waals surface area (Å²) in [7, 11) is 0. The van der Waals surface area contributed by atoms with Gasteiger partial charge in [-0.05, 0) is 91.4 Å². The summed E-state index contributed by atoms with van der Waals surface area (Å²) in [6.07, 6.45) is 13.8. The second-order valence-corrected chi connectivity index (χ2v) is 13.0. The van der Waals surface area contributed by atoms with Gasteiger partial charge >= 0.3 is 12.0 Å². The molecule has 0 aromatic rings. The van der Waals surface area contributed by atoms with Crippen LogP contribution in [0.5, 0.6) is 0 Å². The van der Waals surface area contributed by atoms with Crippen molar-refractivity contribution in [1.29, 1.82) is 0 Å². The number of fused-ring (bicyclic) bond motifs is 5. The number of cyclic esters (lactones) is 1. The van der Waals surface area contributed by atoms with E-state index in [1.54, 1.807) is 11.6 Å². The molecule has 0 unspecified atom stereocenters. The highest BCUT2D eigenvalue weighted by Crippen LogP contribution is 2.66. The van der Waals surface area contributed by atoms with Crippen molar-refractivity contribution in [3.8, 4) is 0 Å². The van der Waals surface area contributed by atoms with Crippen LogP contribution in [0.1, 0.15) is 65.2 Å². The maximum Gasteiger partial charge on any atom is 0.331 e. The lowest BCUT2D eigenvalue weighted by atomic mass is 9.45. The van der Waals surface area contributed by atoms with E-state index >= 15 is 0 Å². The molecule has 1 saturated heterocycles. The first-order valence-corrected chi connectivity index (χ1v) is 14.8. The number of ether oxygens (including phenoxy) is 2. The zero-order valence-electron chi connectivity index (χ0n) is 22.7. The molecular weight excluding hydrogens is 466 g/mol. The van der Waals surface area contributed by atoms with Gasteiger partial charge in [-0.1, -0.05) is 25.5 Å². The number of carbonyl (C=O) groups is 2. The molecule has 7 nitrogen and oxygen atoms in total. The standard InChI is InChI=1S/C30H45N3O4/c1-29-9-7-22(32-28(35)31-11-12-33-13-15-36-16-14-33)18-21(29)3-4-23-25-6-5-24(20-17-27(34)37-19-20)30(25,2)10-8-26(23)29/h6,17,21-24,26H,3-5,7-16,18-19H2,1-2H3,(H2,31,32,35)/t21-,22+,23+,24-,26+,29+,30-/m1/s1. The Hall–Kier alpha value is -1.86. The van der Waals surface area contributed by atoms with Gasteiger partial charge in [0, 0.05) is 38.3 Å². The van der Waals surface area contributed by atoms with Crippen LogP contribution in [0.4, 0.5) is 4.79 Å². The Kier molecular flexibility index (Phi) is 6.89. The molecule has 2 heterocycles. The predicted molar refractivity (Wildman–Crippen MR) is 142 cm³/mol. The Morgan fingerprint density at radius 3 is 2.76 bits per heavy atom. The van der Waals surface area contributed by atoms with E-state index < -0.39 is 0 Å². The summed E-state index contributed by atoms with van der Waals surface area (Å²) in [5, 5.41) is 6.40. The lowest BCUT2D eigenvalue weighted by Gasteiger charge is -2.60. The molecule has 37 heavy (non-hydrogen) atoms. The summed E-state index contributed by atoms with van der Waals surface area (Å²) in [5.74, 6) is 2.37. The smallest absolute Gasteiger partial charge is 0.331 e. The van der Waals surface area contributed by atoms with E-state index in [1.165, 1.54) is 37.7 Å². The number of hydrogen-bond acceptors (Lipinski definition) is 5. The van der Waals surface area contributed by atoms with E-state index in [1.807, 2.05) is 0 Å². The SMILES string of the molecule is C[C@]12CC[C@H](NC(=O)NCCN3CCOCC3)C[C@H]1CC[C@H]1C3=CC[C@H](C4=CC(=O)OC4)[C@@]3(C)CC[C@@H]12. The van der Waals surface area contributed by atoms with Gasteiger partial charge in [-0.3, -0.25) is 4.90 Å². The third kappa shape index (κ3) is 4.64. The van der Waals surface area contributed by atoms with Crippen LogP contribution in [0.2, 0.25) is 0 Å². The number of amides is 2. The number of nitrogens with one attached hydrogen (secondary N) is 2. The van der Waals surface area contributed by atoms with Gasteiger partial charge in [0.2, 0.25) is 0 Å². The molecule has 4 aliphatic carbocycles. The molecule has 2 aliphatic heterocycles. The summed E-state index contributed by atoms with van der Waals surface area (Å²) >= 11 is 0. The quantitative estimate of drug-likeness (QED) is 0.430. The second kappa shape index (κ2) is 10.0. The highest BCUT2D eigenvalue weighted by Gasteiger charge is 2.58. The van der Waals surface area contributed by atoms with Crippen LogP contribution in [0.25, 0.3) is 0 Å². The van der Waals surface area contributed by atoms with Crippen LogP contribution in [0.15, 0.2) is 23.3 Å². The lowest BCUT2D eigenvalue weighted by Crippen LogP contribution is -2.55. The first-order valence-electron chi connectivity index (χ1n) is 14.8. The zero-order valence-corrected chi connectivity index (χ0v) is 22.7. The fourth-order valence-corrected chi connectivity index (χ4v) is 9.26. The van der Waals surface area contributed by atoms with Crippen molar-refractivity contribution in [3.63, 3.8) is 0 Å².